The Kier molecular flexibility index (Phi) is 7.14. The molecule has 0 amide bonds. The van der Waals surface area contributed by atoms with Crippen LogP contribution in [0.3, 0.4) is 0 Å². The van der Waals surface area contributed by atoms with Crippen LogP contribution in [0.1, 0.15) is 15.9 Å². The highest BCUT2D eigenvalue weighted by atomic mass is 35.5. The topological polar surface area (TPSA) is 83.3 Å². The Labute approximate surface area is 140 Å². The molecule has 2 rings (SSSR count). The van der Waals surface area contributed by atoms with Crippen LogP contribution in [0.25, 0.3) is 0 Å². The van der Waals surface area contributed by atoms with Crippen molar-refractivity contribution in [2.75, 3.05) is 0 Å². The minimum atomic E-state index is -1.07. The van der Waals surface area contributed by atoms with Gasteiger partial charge in [-0.3, -0.25) is 0 Å². The van der Waals surface area contributed by atoms with Crippen molar-refractivity contribution in [3.63, 3.8) is 0 Å². The first-order valence-corrected chi connectivity index (χ1v) is 6.82. The third-order valence-electron chi connectivity index (χ3n) is 2.01. The van der Waals surface area contributed by atoms with Gasteiger partial charge in [0.2, 0.25) is 0 Å². The van der Waals surface area contributed by atoms with E-state index in [0.717, 1.165) is 0 Å². The Bertz CT molecular complexity index is 612. The molecule has 2 aromatic heterocycles. The van der Waals surface area contributed by atoms with E-state index in [2.05, 4.69) is 9.97 Å². The van der Waals surface area contributed by atoms with Crippen LogP contribution < -0.4 is 0 Å². The van der Waals surface area contributed by atoms with Gasteiger partial charge >= 0.3 is 5.97 Å². The van der Waals surface area contributed by atoms with E-state index in [4.69, 9.17) is 56.6 Å². The fourth-order valence-electron chi connectivity index (χ4n) is 1.19. The van der Waals surface area contributed by atoms with E-state index in [1.165, 1.54) is 12.1 Å². The average Bonchev–Trinajstić information content (AvgIpc) is 2.37. The number of carboxylic acids is 1. The monoisotopic (exact) mass is 368 g/mol. The van der Waals surface area contributed by atoms with E-state index in [9.17, 15) is 4.79 Å². The summed E-state index contributed by atoms with van der Waals surface area (Å²) in [5.41, 5.74) is 0.708. The molecule has 9 heteroatoms. The summed E-state index contributed by atoms with van der Waals surface area (Å²) < 4.78 is 0. The van der Waals surface area contributed by atoms with Crippen molar-refractivity contribution in [3.8, 4) is 0 Å². The van der Waals surface area contributed by atoms with E-state index in [0.29, 0.717) is 15.9 Å². The summed E-state index contributed by atoms with van der Waals surface area (Å²) >= 11 is 21.9. The molecule has 21 heavy (non-hydrogen) atoms. The molecule has 0 saturated carbocycles. The number of aliphatic hydroxyl groups is 1. The second-order valence-corrected chi connectivity index (χ2v) is 5.13. The van der Waals surface area contributed by atoms with Gasteiger partial charge in [0.25, 0.3) is 0 Å². The van der Waals surface area contributed by atoms with E-state index in [1.54, 1.807) is 12.1 Å². The Hall–Kier alpha value is -1.11. The molecular formula is C12H8Cl4N2O3. The normalized spacial score (nSPS) is 9.76. The molecule has 2 aromatic rings. The first-order chi connectivity index (χ1) is 9.81. The van der Waals surface area contributed by atoms with Gasteiger partial charge in [-0.1, -0.05) is 46.4 Å². The van der Waals surface area contributed by atoms with Crippen molar-refractivity contribution in [1.82, 2.24) is 9.97 Å². The summed E-state index contributed by atoms with van der Waals surface area (Å²) in [5, 5.41) is 17.9. The highest BCUT2D eigenvalue weighted by Crippen LogP contribution is 2.14. The maximum atomic E-state index is 10.4. The van der Waals surface area contributed by atoms with Crippen molar-refractivity contribution >= 4 is 52.4 Å². The molecule has 0 aliphatic carbocycles. The third kappa shape index (κ3) is 6.46. The fourth-order valence-corrected chi connectivity index (χ4v) is 2.16. The zero-order valence-electron chi connectivity index (χ0n) is 10.2. The summed E-state index contributed by atoms with van der Waals surface area (Å²) in [6.45, 7) is -0.0675. The molecule has 112 valence electrons. The molecule has 0 bridgehead atoms. The largest absolute Gasteiger partial charge is 0.478 e. The minimum Gasteiger partial charge on any atom is -0.478 e. The average molecular weight is 370 g/mol. The SMILES string of the molecule is O=C(O)c1cc(Cl)nc(Cl)c1.OCc1cc(Cl)nc(Cl)c1. The lowest BCUT2D eigenvalue weighted by Gasteiger charge is -1.96. The van der Waals surface area contributed by atoms with Crippen LogP contribution in [0.2, 0.25) is 20.6 Å². The second kappa shape index (κ2) is 8.36. The number of aromatic carboxylic acids is 1. The van der Waals surface area contributed by atoms with Gasteiger partial charge in [0.15, 0.2) is 0 Å². The molecule has 5 nitrogen and oxygen atoms in total. The van der Waals surface area contributed by atoms with Gasteiger partial charge < -0.3 is 10.2 Å². The lowest BCUT2D eigenvalue weighted by molar-refractivity contribution is 0.0696. The van der Waals surface area contributed by atoms with Crippen molar-refractivity contribution < 1.29 is 15.0 Å². The molecule has 2 N–H and O–H groups in total. The molecule has 0 radical (unpaired) electrons. The lowest BCUT2D eigenvalue weighted by Crippen LogP contribution is -1.96. The Morgan fingerprint density at radius 2 is 1.29 bits per heavy atom. The van der Waals surface area contributed by atoms with Gasteiger partial charge in [0.1, 0.15) is 20.6 Å². The summed E-state index contributed by atoms with van der Waals surface area (Å²) in [6.07, 6.45) is 0. The summed E-state index contributed by atoms with van der Waals surface area (Å²) in [6, 6.07) is 5.59. The number of aromatic nitrogens is 2. The van der Waals surface area contributed by atoms with Crippen LogP contribution in [0, 0.1) is 0 Å². The number of nitrogens with zero attached hydrogens (tertiary/aromatic N) is 2. The van der Waals surface area contributed by atoms with E-state index < -0.39 is 5.97 Å². The molecule has 0 saturated heterocycles. The number of carbonyl (C=O) groups is 1. The van der Waals surface area contributed by atoms with Gasteiger partial charge in [-0.15, -0.1) is 0 Å². The van der Waals surface area contributed by atoms with Gasteiger partial charge in [-0.2, -0.15) is 0 Å². The number of hydrogen-bond acceptors (Lipinski definition) is 4. The molecule has 0 aliphatic rings. The van der Waals surface area contributed by atoms with Gasteiger partial charge in [0.05, 0.1) is 12.2 Å². The molecule has 0 aliphatic heterocycles. The van der Waals surface area contributed by atoms with E-state index in [-0.39, 0.29) is 22.5 Å². The van der Waals surface area contributed by atoms with E-state index >= 15 is 0 Å². The van der Waals surface area contributed by atoms with Crippen LogP contribution in [0.15, 0.2) is 24.3 Å². The highest BCUT2D eigenvalue weighted by molar-refractivity contribution is 6.33. The first kappa shape index (κ1) is 17.9. The number of carboxylic acid groups (broad SMARTS) is 1. The maximum absolute atomic E-state index is 10.4. The van der Waals surface area contributed by atoms with E-state index in [1.807, 2.05) is 0 Å². The number of halogens is 4. The van der Waals surface area contributed by atoms with Crippen LogP contribution in [0.4, 0.5) is 0 Å². The second-order valence-electron chi connectivity index (χ2n) is 3.59. The smallest absolute Gasteiger partial charge is 0.335 e. The standard InChI is InChI=1S/C6H3Cl2NO2.C6H5Cl2NO/c7-4-1-3(6(10)11)2-5(8)9-4;7-5-1-4(3-10)2-6(8)9-5/h1-2H,(H,10,11);1-2,10H,3H2. The van der Waals surface area contributed by atoms with Gasteiger partial charge in [0, 0.05) is 0 Å². The maximum Gasteiger partial charge on any atom is 0.335 e. The predicted molar refractivity (Wildman–Crippen MR) is 81.4 cm³/mol. The Morgan fingerprint density at radius 3 is 1.62 bits per heavy atom. The van der Waals surface area contributed by atoms with Crippen molar-refractivity contribution in [2.45, 2.75) is 6.61 Å². The number of aliphatic hydroxyl groups excluding tert-OH is 1. The van der Waals surface area contributed by atoms with Gasteiger partial charge in [-0.25, -0.2) is 14.8 Å². The quantitative estimate of drug-likeness (QED) is 0.782. The zero-order chi connectivity index (χ0) is 16.0. The minimum absolute atomic E-state index is 0.0370. The molecule has 0 spiro atoms. The number of pyridine rings is 2. The van der Waals surface area contributed by atoms with Crippen LogP contribution >= 0.6 is 46.4 Å². The predicted octanol–water partition coefficient (Wildman–Crippen LogP) is 3.97. The van der Waals surface area contributed by atoms with Crippen LogP contribution in [0.5, 0.6) is 0 Å². The van der Waals surface area contributed by atoms with Crippen molar-refractivity contribution in [3.05, 3.63) is 56.0 Å². The molecule has 0 atom stereocenters. The zero-order valence-corrected chi connectivity index (χ0v) is 13.2. The van der Waals surface area contributed by atoms with Crippen molar-refractivity contribution in [1.29, 1.82) is 0 Å². The Morgan fingerprint density at radius 1 is 0.905 bits per heavy atom. The molecule has 2 heterocycles. The third-order valence-corrected chi connectivity index (χ3v) is 2.79. The van der Waals surface area contributed by atoms with Crippen molar-refractivity contribution in [2.24, 2.45) is 0 Å². The molecule has 0 fully saturated rings. The molecule has 0 aromatic carbocycles. The molecule has 0 unspecified atom stereocenters. The van der Waals surface area contributed by atoms with Crippen LogP contribution in [-0.2, 0) is 6.61 Å². The first-order valence-electron chi connectivity index (χ1n) is 5.31. The fraction of sp³-hybridized carbons (Fsp3) is 0.0833. The summed E-state index contributed by atoms with van der Waals surface area (Å²) in [7, 11) is 0. The van der Waals surface area contributed by atoms with Crippen LogP contribution in [-0.4, -0.2) is 26.2 Å². The van der Waals surface area contributed by atoms with Gasteiger partial charge in [-0.05, 0) is 29.8 Å². The number of hydrogen-bond donors (Lipinski definition) is 2. The Balaban J connectivity index is 0.000000211. The summed E-state index contributed by atoms with van der Waals surface area (Å²) in [5.74, 6) is -1.07. The lowest BCUT2D eigenvalue weighted by atomic mass is 10.3. The molecular weight excluding hydrogens is 362 g/mol. The number of rotatable bonds is 2. The summed E-state index contributed by atoms with van der Waals surface area (Å²) in [4.78, 5) is 17.6. The highest BCUT2D eigenvalue weighted by Gasteiger charge is 2.05.